The van der Waals surface area contributed by atoms with Gasteiger partial charge in [0.05, 0.1) is 6.61 Å². The van der Waals surface area contributed by atoms with Crippen molar-refractivity contribution in [2.24, 2.45) is 17.4 Å². The highest BCUT2D eigenvalue weighted by atomic mass is 16.6. The molecule has 0 saturated carbocycles. The molecule has 148 valence electrons. The highest BCUT2D eigenvalue weighted by Crippen LogP contribution is 2.29. The van der Waals surface area contributed by atoms with Crippen LogP contribution in [0.4, 0.5) is 4.79 Å². The van der Waals surface area contributed by atoms with Gasteiger partial charge >= 0.3 is 6.09 Å². The van der Waals surface area contributed by atoms with Crippen LogP contribution in [-0.2, 0) is 22.4 Å². The van der Waals surface area contributed by atoms with Crippen molar-refractivity contribution < 1.29 is 14.3 Å². The van der Waals surface area contributed by atoms with Crippen LogP contribution < -0.4 is 11.5 Å². The zero-order valence-corrected chi connectivity index (χ0v) is 15.8. The van der Waals surface area contributed by atoms with Gasteiger partial charge in [-0.25, -0.2) is 4.79 Å². The lowest BCUT2D eigenvalue weighted by Gasteiger charge is -2.32. The van der Waals surface area contributed by atoms with E-state index in [0.717, 1.165) is 11.1 Å². The molecular weight excluding hydrogens is 356 g/mol. The molecule has 1 aromatic carbocycles. The van der Waals surface area contributed by atoms with Crippen LogP contribution in [0.15, 0.2) is 54.9 Å². The zero-order chi connectivity index (χ0) is 20.0. The number of likely N-dealkylation sites (tertiary alicyclic amines) is 1. The van der Waals surface area contributed by atoms with E-state index in [-0.39, 0.29) is 12.0 Å². The van der Waals surface area contributed by atoms with Crippen LogP contribution in [0.25, 0.3) is 0 Å². The Labute approximate surface area is 164 Å². The molecule has 28 heavy (non-hydrogen) atoms. The van der Waals surface area contributed by atoms with E-state index in [0.29, 0.717) is 39.0 Å². The fourth-order valence-electron chi connectivity index (χ4n) is 3.61. The number of hydrogen-bond acceptors (Lipinski definition) is 5. The second-order valence-corrected chi connectivity index (χ2v) is 7.22. The van der Waals surface area contributed by atoms with Crippen molar-refractivity contribution >= 4 is 12.0 Å². The number of nitrogens with two attached hydrogens (primary N) is 2. The fourth-order valence-corrected chi connectivity index (χ4v) is 3.61. The predicted octanol–water partition coefficient (Wildman–Crippen LogP) is 1.51. The topological polar surface area (TPSA) is 112 Å². The van der Waals surface area contributed by atoms with Crippen molar-refractivity contribution in [3.8, 4) is 0 Å². The maximum absolute atomic E-state index is 12.4. The van der Waals surface area contributed by atoms with E-state index in [1.807, 2.05) is 42.5 Å². The lowest BCUT2D eigenvalue weighted by Crippen LogP contribution is -2.59. The first-order valence-electron chi connectivity index (χ1n) is 9.42. The van der Waals surface area contributed by atoms with Crippen LogP contribution in [0.5, 0.6) is 0 Å². The summed E-state index contributed by atoms with van der Waals surface area (Å²) in [4.78, 5) is 30.1. The van der Waals surface area contributed by atoms with E-state index < -0.39 is 11.4 Å². The molecule has 2 heterocycles. The van der Waals surface area contributed by atoms with Gasteiger partial charge in [0, 0.05) is 37.8 Å². The third-order valence-corrected chi connectivity index (χ3v) is 5.34. The molecule has 4 N–H and O–H groups in total. The highest BCUT2D eigenvalue weighted by Gasteiger charge is 2.45. The van der Waals surface area contributed by atoms with E-state index in [4.69, 9.17) is 16.2 Å². The van der Waals surface area contributed by atoms with Gasteiger partial charge in [-0.15, -0.1) is 0 Å². The maximum atomic E-state index is 12.4. The average molecular weight is 382 g/mol. The van der Waals surface area contributed by atoms with Crippen molar-refractivity contribution in [1.82, 2.24) is 9.88 Å². The number of nitrogens with zero attached hydrogens (tertiary/aromatic N) is 2. The molecule has 1 saturated heterocycles. The highest BCUT2D eigenvalue weighted by molar-refractivity contribution is 5.85. The van der Waals surface area contributed by atoms with Gasteiger partial charge in [-0.3, -0.25) is 9.78 Å². The molecule has 0 spiro atoms. The Kier molecular flexibility index (Phi) is 6.26. The van der Waals surface area contributed by atoms with Crippen molar-refractivity contribution in [2.45, 2.75) is 24.8 Å². The van der Waals surface area contributed by atoms with Gasteiger partial charge in [0.25, 0.3) is 0 Å². The smallest absolute Gasteiger partial charge is 0.409 e. The Balaban J connectivity index is 1.56. The number of aromatic nitrogens is 1. The lowest BCUT2D eigenvalue weighted by atomic mass is 9.78. The molecule has 1 aliphatic rings. The number of rotatable bonds is 7. The Morgan fingerprint density at radius 3 is 2.54 bits per heavy atom. The van der Waals surface area contributed by atoms with E-state index in [1.54, 1.807) is 17.3 Å². The summed E-state index contributed by atoms with van der Waals surface area (Å²) in [5.41, 5.74) is 12.9. The molecule has 7 heteroatoms. The summed E-state index contributed by atoms with van der Waals surface area (Å²) >= 11 is 0. The van der Waals surface area contributed by atoms with E-state index in [1.165, 1.54) is 0 Å². The molecule has 2 unspecified atom stereocenters. The van der Waals surface area contributed by atoms with Gasteiger partial charge < -0.3 is 21.1 Å². The largest absolute Gasteiger partial charge is 0.449 e. The second-order valence-electron chi connectivity index (χ2n) is 7.22. The molecule has 1 aliphatic heterocycles. The van der Waals surface area contributed by atoms with E-state index in [9.17, 15) is 9.59 Å². The summed E-state index contributed by atoms with van der Waals surface area (Å²) in [5.74, 6) is -0.784. The van der Waals surface area contributed by atoms with Crippen LogP contribution in [-0.4, -0.2) is 47.1 Å². The second kappa shape index (κ2) is 8.84. The lowest BCUT2D eigenvalue weighted by molar-refractivity contribution is -0.125. The number of ether oxygens (including phenoxy) is 1. The minimum atomic E-state index is -1.22. The Bertz CT molecular complexity index is 800. The molecule has 1 fully saturated rings. The van der Waals surface area contributed by atoms with Gasteiger partial charge in [-0.05, 0) is 36.1 Å². The summed E-state index contributed by atoms with van der Waals surface area (Å²) < 4.78 is 5.39. The van der Waals surface area contributed by atoms with Crippen molar-refractivity contribution in [2.75, 3.05) is 19.7 Å². The van der Waals surface area contributed by atoms with Gasteiger partial charge in [-0.1, -0.05) is 30.3 Å². The molecule has 0 aliphatic carbocycles. The number of benzene rings is 1. The van der Waals surface area contributed by atoms with Gasteiger partial charge in [0.15, 0.2) is 0 Å². The third-order valence-electron chi connectivity index (χ3n) is 5.34. The minimum Gasteiger partial charge on any atom is -0.449 e. The molecule has 2 aromatic rings. The minimum absolute atomic E-state index is 0.222. The number of carbonyl (C=O) groups excluding carboxylic acids is 2. The molecular formula is C21H26N4O3. The Morgan fingerprint density at radius 1 is 1.14 bits per heavy atom. The summed E-state index contributed by atoms with van der Waals surface area (Å²) in [6.45, 7) is 1.16. The summed E-state index contributed by atoms with van der Waals surface area (Å²) in [6, 6.07) is 13.5. The van der Waals surface area contributed by atoms with E-state index in [2.05, 4.69) is 4.98 Å². The predicted molar refractivity (Wildman–Crippen MR) is 105 cm³/mol. The van der Waals surface area contributed by atoms with Crippen LogP contribution >= 0.6 is 0 Å². The van der Waals surface area contributed by atoms with Gasteiger partial charge in [0.1, 0.15) is 5.54 Å². The van der Waals surface area contributed by atoms with E-state index >= 15 is 0 Å². The van der Waals surface area contributed by atoms with Gasteiger partial charge in [0.2, 0.25) is 5.91 Å². The molecule has 2 atom stereocenters. The number of amides is 2. The third kappa shape index (κ3) is 4.67. The first-order chi connectivity index (χ1) is 13.5. The summed E-state index contributed by atoms with van der Waals surface area (Å²) in [6.07, 6.45) is 4.51. The zero-order valence-electron chi connectivity index (χ0n) is 15.8. The normalized spacial score (nSPS) is 18.5. The molecule has 1 aromatic heterocycles. The number of pyridine rings is 1. The molecule has 0 bridgehead atoms. The fraction of sp³-hybridized carbons (Fsp3) is 0.381. The number of primary amides is 1. The van der Waals surface area contributed by atoms with Crippen LogP contribution in [0.1, 0.15) is 17.5 Å². The SMILES string of the molecule is NC(=O)C(N)(Cc1ccncc1)C1CCN(C(=O)OCCc2ccccc2)C1. The monoisotopic (exact) mass is 382 g/mol. The quantitative estimate of drug-likeness (QED) is 0.754. The van der Waals surface area contributed by atoms with Crippen LogP contribution in [0.3, 0.4) is 0 Å². The maximum Gasteiger partial charge on any atom is 0.409 e. The average Bonchev–Trinajstić information content (AvgIpc) is 3.20. The van der Waals surface area contributed by atoms with Crippen molar-refractivity contribution in [3.63, 3.8) is 0 Å². The Hall–Kier alpha value is -2.93. The van der Waals surface area contributed by atoms with Crippen LogP contribution in [0, 0.1) is 5.92 Å². The summed E-state index contributed by atoms with van der Waals surface area (Å²) in [7, 11) is 0. The van der Waals surface area contributed by atoms with Gasteiger partial charge in [-0.2, -0.15) is 0 Å². The number of carbonyl (C=O) groups is 2. The molecule has 0 radical (unpaired) electrons. The number of hydrogen-bond donors (Lipinski definition) is 2. The molecule has 7 nitrogen and oxygen atoms in total. The standard InChI is InChI=1S/C21H26N4O3/c22-19(26)21(23,14-17-6-10-24-11-7-17)18-8-12-25(15-18)20(27)28-13-9-16-4-2-1-3-5-16/h1-7,10-11,18H,8-9,12-15,23H2,(H2,22,26). The Morgan fingerprint density at radius 2 is 1.86 bits per heavy atom. The van der Waals surface area contributed by atoms with Crippen molar-refractivity contribution in [3.05, 3.63) is 66.0 Å². The molecule has 2 amide bonds. The first-order valence-corrected chi connectivity index (χ1v) is 9.42. The molecule has 3 rings (SSSR count). The van der Waals surface area contributed by atoms with Crippen LogP contribution in [0.2, 0.25) is 0 Å². The van der Waals surface area contributed by atoms with Crippen molar-refractivity contribution in [1.29, 1.82) is 0 Å². The summed E-state index contributed by atoms with van der Waals surface area (Å²) in [5, 5.41) is 0. The first kappa shape index (κ1) is 19.8.